The van der Waals surface area contributed by atoms with Crippen molar-refractivity contribution in [3.8, 4) is 0 Å². The van der Waals surface area contributed by atoms with Crippen molar-refractivity contribution in [3.05, 3.63) is 0 Å². The molecule has 0 aliphatic carbocycles. The highest BCUT2D eigenvalue weighted by atomic mass is 19.3. The molecule has 15 heavy (non-hydrogen) atoms. The molecule has 6 heteroatoms. The lowest BCUT2D eigenvalue weighted by Gasteiger charge is -2.12. The van der Waals surface area contributed by atoms with Gasteiger partial charge in [0.15, 0.2) is 0 Å². The third-order valence-corrected chi connectivity index (χ3v) is 1.62. The van der Waals surface area contributed by atoms with Gasteiger partial charge >= 0.3 is 5.97 Å². The maximum Gasteiger partial charge on any atom is 0.317 e. The summed E-state index contributed by atoms with van der Waals surface area (Å²) in [6, 6.07) is 0. The van der Waals surface area contributed by atoms with E-state index >= 15 is 0 Å². The SMILES string of the molecule is CCOC(=O)C(CC(C)=O)C(=O)C(F)F. The number of halogens is 2. The Morgan fingerprint density at radius 2 is 1.80 bits per heavy atom. The fourth-order valence-electron chi connectivity index (χ4n) is 0.982. The van der Waals surface area contributed by atoms with Gasteiger partial charge in [0.1, 0.15) is 11.7 Å². The van der Waals surface area contributed by atoms with Crippen LogP contribution in [0.5, 0.6) is 0 Å². The summed E-state index contributed by atoms with van der Waals surface area (Å²) in [5.41, 5.74) is 0. The van der Waals surface area contributed by atoms with Crippen LogP contribution < -0.4 is 0 Å². The van der Waals surface area contributed by atoms with Crippen molar-refractivity contribution in [2.24, 2.45) is 5.92 Å². The predicted octanol–water partition coefficient (Wildman–Crippen LogP) is 0.979. The zero-order chi connectivity index (χ0) is 12.0. The molecular formula is C9H12F2O4. The molecule has 0 aliphatic rings. The summed E-state index contributed by atoms with van der Waals surface area (Å²) in [7, 11) is 0. The topological polar surface area (TPSA) is 60.4 Å². The van der Waals surface area contributed by atoms with Crippen LogP contribution in [0.2, 0.25) is 0 Å². The molecule has 0 aromatic rings. The quantitative estimate of drug-likeness (QED) is 0.496. The lowest BCUT2D eigenvalue weighted by Crippen LogP contribution is -2.32. The first kappa shape index (κ1) is 13.7. The Balaban J connectivity index is 4.64. The molecule has 0 aromatic carbocycles. The maximum atomic E-state index is 12.1. The summed E-state index contributed by atoms with van der Waals surface area (Å²) >= 11 is 0. The Morgan fingerprint density at radius 1 is 1.27 bits per heavy atom. The van der Waals surface area contributed by atoms with E-state index in [9.17, 15) is 23.2 Å². The summed E-state index contributed by atoms with van der Waals surface area (Å²) in [6.45, 7) is 2.57. The van der Waals surface area contributed by atoms with Crippen LogP contribution in [0.15, 0.2) is 0 Å². The van der Waals surface area contributed by atoms with Crippen LogP contribution in [0.25, 0.3) is 0 Å². The van der Waals surface area contributed by atoms with Gasteiger partial charge in [-0.05, 0) is 13.8 Å². The van der Waals surface area contributed by atoms with Crippen molar-refractivity contribution < 1.29 is 27.9 Å². The summed E-state index contributed by atoms with van der Waals surface area (Å²) in [4.78, 5) is 32.7. The van der Waals surface area contributed by atoms with Gasteiger partial charge in [-0.3, -0.25) is 14.4 Å². The van der Waals surface area contributed by atoms with Crippen molar-refractivity contribution in [2.45, 2.75) is 26.7 Å². The van der Waals surface area contributed by atoms with Gasteiger partial charge in [-0.15, -0.1) is 0 Å². The zero-order valence-corrected chi connectivity index (χ0v) is 8.46. The van der Waals surface area contributed by atoms with E-state index in [0.29, 0.717) is 0 Å². The highest BCUT2D eigenvalue weighted by Gasteiger charge is 2.34. The molecule has 0 spiro atoms. The first-order chi connectivity index (χ1) is 6.90. The predicted molar refractivity (Wildman–Crippen MR) is 46.4 cm³/mol. The van der Waals surface area contributed by atoms with E-state index in [1.165, 1.54) is 6.92 Å². The minimum atomic E-state index is -3.27. The van der Waals surface area contributed by atoms with Gasteiger partial charge in [0, 0.05) is 6.42 Å². The molecule has 0 N–H and O–H groups in total. The Morgan fingerprint density at radius 3 is 2.13 bits per heavy atom. The van der Waals surface area contributed by atoms with E-state index in [0.717, 1.165) is 6.92 Å². The molecule has 0 saturated carbocycles. The van der Waals surface area contributed by atoms with E-state index in [1.54, 1.807) is 0 Å². The molecule has 1 unspecified atom stereocenters. The van der Waals surface area contributed by atoms with Gasteiger partial charge in [-0.1, -0.05) is 0 Å². The number of carbonyl (C=O) groups is 3. The van der Waals surface area contributed by atoms with Crippen LogP contribution in [0.1, 0.15) is 20.3 Å². The van der Waals surface area contributed by atoms with Crippen LogP contribution in [-0.2, 0) is 19.1 Å². The average Bonchev–Trinajstić information content (AvgIpc) is 2.13. The zero-order valence-electron chi connectivity index (χ0n) is 8.46. The Hall–Kier alpha value is -1.33. The number of esters is 1. The smallest absolute Gasteiger partial charge is 0.317 e. The van der Waals surface area contributed by atoms with Crippen LogP contribution in [0.3, 0.4) is 0 Å². The Kier molecular flexibility index (Phi) is 5.66. The van der Waals surface area contributed by atoms with Gasteiger partial charge in [0.25, 0.3) is 6.43 Å². The van der Waals surface area contributed by atoms with Gasteiger partial charge in [0.05, 0.1) is 6.61 Å². The molecule has 0 bridgehead atoms. The number of alkyl halides is 2. The Bertz CT molecular complexity index is 263. The van der Waals surface area contributed by atoms with Gasteiger partial charge in [-0.25, -0.2) is 8.78 Å². The standard InChI is InChI=1S/C9H12F2O4/c1-3-15-9(14)6(4-5(2)12)7(13)8(10)11/h6,8H,3-4H2,1-2H3. The average molecular weight is 222 g/mol. The van der Waals surface area contributed by atoms with Crippen LogP contribution in [-0.4, -0.2) is 30.6 Å². The molecule has 0 radical (unpaired) electrons. The van der Waals surface area contributed by atoms with Crippen molar-refractivity contribution in [1.29, 1.82) is 0 Å². The van der Waals surface area contributed by atoms with Crippen molar-refractivity contribution in [2.75, 3.05) is 6.61 Å². The van der Waals surface area contributed by atoms with E-state index in [4.69, 9.17) is 0 Å². The lowest BCUT2D eigenvalue weighted by molar-refractivity contribution is -0.156. The molecule has 0 amide bonds. The first-order valence-corrected chi connectivity index (χ1v) is 4.38. The number of hydrogen-bond donors (Lipinski definition) is 0. The summed E-state index contributed by atoms with van der Waals surface area (Å²) < 4.78 is 28.6. The van der Waals surface area contributed by atoms with Crippen LogP contribution >= 0.6 is 0 Å². The monoisotopic (exact) mass is 222 g/mol. The minimum Gasteiger partial charge on any atom is -0.465 e. The Labute approximate surface area is 85.6 Å². The van der Waals surface area contributed by atoms with Crippen molar-refractivity contribution in [1.82, 2.24) is 0 Å². The number of hydrogen-bond acceptors (Lipinski definition) is 4. The summed E-state index contributed by atoms with van der Waals surface area (Å²) in [5.74, 6) is -4.83. The molecule has 0 heterocycles. The number of ketones is 2. The molecule has 0 aliphatic heterocycles. The van der Waals surface area contributed by atoms with Gasteiger partial charge in [-0.2, -0.15) is 0 Å². The molecule has 1 atom stereocenters. The number of Topliss-reactive ketones (excluding diaryl/α,β-unsaturated/α-hetero) is 2. The van der Waals surface area contributed by atoms with Crippen LogP contribution in [0.4, 0.5) is 8.78 Å². The first-order valence-electron chi connectivity index (χ1n) is 4.38. The summed E-state index contributed by atoms with van der Waals surface area (Å²) in [5, 5.41) is 0. The van der Waals surface area contributed by atoms with Gasteiger partial charge < -0.3 is 4.74 Å². The number of carbonyl (C=O) groups excluding carboxylic acids is 3. The maximum absolute atomic E-state index is 12.1. The van der Waals surface area contributed by atoms with E-state index < -0.39 is 36.3 Å². The molecule has 0 aromatic heterocycles. The third kappa shape index (κ3) is 4.62. The van der Waals surface area contributed by atoms with E-state index in [-0.39, 0.29) is 6.61 Å². The molecular weight excluding hydrogens is 210 g/mol. The lowest BCUT2D eigenvalue weighted by atomic mass is 9.98. The normalized spacial score (nSPS) is 12.3. The van der Waals surface area contributed by atoms with E-state index in [1.807, 2.05) is 0 Å². The molecule has 86 valence electrons. The molecule has 0 saturated heterocycles. The minimum absolute atomic E-state index is 0.0241. The third-order valence-electron chi connectivity index (χ3n) is 1.62. The molecule has 4 nitrogen and oxygen atoms in total. The second-order valence-corrected chi connectivity index (χ2v) is 2.91. The number of ether oxygens (including phenoxy) is 1. The molecule has 0 rings (SSSR count). The van der Waals surface area contributed by atoms with Gasteiger partial charge in [0.2, 0.25) is 5.78 Å². The van der Waals surface area contributed by atoms with Crippen molar-refractivity contribution >= 4 is 17.5 Å². The second kappa shape index (κ2) is 6.21. The fourth-order valence-corrected chi connectivity index (χ4v) is 0.982. The fraction of sp³-hybridized carbons (Fsp3) is 0.667. The largest absolute Gasteiger partial charge is 0.465 e. The number of rotatable bonds is 6. The molecule has 0 fully saturated rings. The van der Waals surface area contributed by atoms with Crippen LogP contribution in [0, 0.1) is 5.92 Å². The highest BCUT2D eigenvalue weighted by Crippen LogP contribution is 2.13. The van der Waals surface area contributed by atoms with E-state index in [2.05, 4.69) is 4.74 Å². The second-order valence-electron chi connectivity index (χ2n) is 2.91. The highest BCUT2D eigenvalue weighted by molar-refractivity contribution is 6.03. The van der Waals surface area contributed by atoms with Crippen molar-refractivity contribution in [3.63, 3.8) is 0 Å². The summed E-state index contributed by atoms with van der Waals surface area (Å²) in [6.07, 6.45) is -3.80.